The number of hydrogen-bond acceptors (Lipinski definition) is 2. The van der Waals surface area contributed by atoms with Gasteiger partial charge in [0.25, 0.3) is 0 Å². The van der Waals surface area contributed by atoms with Crippen molar-refractivity contribution in [3.8, 4) is 0 Å². The summed E-state index contributed by atoms with van der Waals surface area (Å²) in [5, 5.41) is 0. The molecule has 4 fully saturated rings. The molecule has 2 bridgehead atoms. The smallest absolute Gasteiger partial charge is 0.227 e. The molecule has 2 unspecified atom stereocenters. The highest BCUT2D eigenvalue weighted by atomic mass is 16.2. The zero-order valence-electron chi connectivity index (χ0n) is 15.6. The lowest BCUT2D eigenvalue weighted by Gasteiger charge is -2.36. The second-order valence-electron chi connectivity index (χ2n) is 8.35. The lowest BCUT2D eigenvalue weighted by Crippen LogP contribution is -2.48. The number of aryl methyl sites for hydroxylation is 1. The van der Waals surface area contributed by atoms with Crippen LogP contribution >= 0.6 is 0 Å². The maximum Gasteiger partial charge on any atom is 0.227 e. The zero-order valence-corrected chi connectivity index (χ0v) is 15.6. The molecule has 0 spiro atoms. The van der Waals surface area contributed by atoms with Gasteiger partial charge in [-0.3, -0.25) is 9.59 Å². The number of amides is 2. The Bertz CT molecular complexity index is 641. The van der Waals surface area contributed by atoms with E-state index in [1.807, 2.05) is 11.0 Å². The number of fused-ring (bicyclic) bond motifs is 4. The Morgan fingerprint density at radius 3 is 2.58 bits per heavy atom. The van der Waals surface area contributed by atoms with E-state index in [0.717, 1.165) is 51.1 Å². The van der Waals surface area contributed by atoms with Crippen molar-refractivity contribution in [2.75, 3.05) is 19.6 Å². The van der Waals surface area contributed by atoms with Gasteiger partial charge in [-0.25, -0.2) is 0 Å². The molecule has 4 aliphatic rings. The van der Waals surface area contributed by atoms with Crippen LogP contribution < -0.4 is 0 Å². The van der Waals surface area contributed by atoms with Crippen LogP contribution in [0.2, 0.25) is 0 Å². The van der Waals surface area contributed by atoms with Gasteiger partial charge in [-0.05, 0) is 56.4 Å². The average molecular weight is 354 g/mol. The number of benzene rings is 1. The van der Waals surface area contributed by atoms with Crippen LogP contribution in [0.15, 0.2) is 30.3 Å². The molecule has 3 saturated heterocycles. The fraction of sp³-hybridized carbons (Fsp3) is 0.636. The number of hydrogen-bond donors (Lipinski definition) is 0. The molecule has 1 aromatic carbocycles. The fourth-order valence-electron chi connectivity index (χ4n) is 4.47. The van der Waals surface area contributed by atoms with Crippen LogP contribution in [0.25, 0.3) is 0 Å². The highest BCUT2D eigenvalue weighted by Crippen LogP contribution is 2.35. The van der Waals surface area contributed by atoms with Crippen LogP contribution in [0.3, 0.4) is 0 Å². The molecule has 26 heavy (non-hydrogen) atoms. The highest BCUT2D eigenvalue weighted by molar-refractivity contribution is 5.83. The summed E-state index contributed by atoms with van der Waals surface area (Å²) in [7, 11) is 0. The SMILES string of the molecule is O=C(CCCCc1ccccc1)N1CC2CCC(C1)N(CC1CC1)C2=O. The first-order chi connectivity index (χ1) is 12.7. The van der Waals surface area contributed by atoms with E-state index in [2.05, 4.69) is 29.2 Å². The number of nitrogens with zero attached hydrogens (tertiary/aromatic N) is 2. The second kappa shape index (κ2) is 7.81. The van der Waals surface area contributed by atoms with Gasteiger partial charge in [0, 0.05) is 32.1 Å². The molecule has 140 valence electrons. The molecule has 4 nitrogen and oxygen atoms in total. The quantitative estimate of drug-likeness (QED) is 0.705. The molecule has 0 aromatic heterocycles. The molecule has 2 amide bonds. The zero-order chi connectivity index (χ0) is 17.9. The highest BCUT2D eigenvalue weighted by Gasteiger charge is 2.43. The molecule has 3 heterocycles. The molecule has 1 aromatic rings. The van der Waals surface area contributed by atoms with E-state index in [0.29, 0.717) is 18.9 Å². The van der Waals surface area contributed by atoms with Gasteiger partial charge in [0.2, 0.25) is 11.8 Å². The number of rotatable bonds is 7. The molecule has 0 radical (unpaired) electrons. The molecule has 2 atom stereocenters. The number of unbranched alkanes of at least 4 members (excludes halogenated alkanes) is 1. The summed E-state index contributed by atoms with van der Waals surface area (Å²) in [5.41, 5.74) is 1.34. The van der Waals surface area contributed by atoms with Crippen LogP contribution in [-0.4, -0.2) is 47.3 Å². The molecular weight excluding hydrogens is 324 g/mol. The topological polar surface area (TPSA) is 40.6 Å². The van der Waals surface area contributed by atoms with E-state index >= 15 is 0 Å². The van der Waals surface area contributed by atoms with Gasteiger partial charge in [0.1, 0.15) is 0 Å². The lowest BCUT2D eigenvalue weighted by atomic mass is 9.94. The van der Waals surface area contributed by atoms with Crippen LogP contribution in [0, 0.1) is 11.8 Å². The third-order valence-corrected chi connectivity index (χ3v) is 6.25. The van der Waals surface area contributed by atoms with E-state index in [1.165, 1.54) is 18.4 Å². The molecule has 4 heteroatoms. The van der Waals surface area contributed by atoms with E-state index < -0.39 is 0 Å². The number of carbonyl (C=O) groups is 2. The van der Waals surface area contributed by atoms with Crippen molar-refractivity contribution in [2.45, 2.75) is 57.4 Å². The summed E-state index contributed by atoms with van der Waals surface area (Å²) in [4.78, 5) is 29.6. The normalized spacial score (nSPS) is 25.5. The van der Waals surface area contributed by atoms with E-state index in [1.54, 1.807) is 0 Å². The summed E-state index contributed by atoms with van der Waals surface area (Å²) in [6.07, 6.45) is 8.19. The van der Waals surface area contributed by atoms with Crippen molar-refractivity contribution in [1.82, 2.24) is 9.80 Å². The molecule has 1 aliphatic carbocycles. The van der Waals surface area contributed by atoms with Crippen molar-refractivity contribution < 1.29 is 9.59 Å². The van der Waals surface area contributed by atoms with E-state index in [-0.39, 0.29) is 17.9 Å². The van der Waals surface area contributed by atoms with Crippen molar-refractivity contribution in [3.05, 3.63) is 35.9 Å². The summed E-state index contributed by atoms with van der Waals surface area (Å²) in [5.74, 6) is 1.32. The van der Waals surface area contributed by atoms with Crippen LogP contribution in [0.4, 0.5) is 0 Å². The fourth-order valence-corrected chi connectivity index (χ4v) is 4.47. The summed E-state index contributed by atoms with van der Waals surface area (Å²) in [6, 6.07) is 10.7. The third kappa shape index (κ3) is 4.11. The van der Waals surface area contributed by atoms with Crippen molar-refractivity contribution in [2.24, 2.45) is 11.8 Å². The van der Waals surface area contributed by atoms with Crippen molar-refractivity contribution in [1.29, 1.82) is 0 Å². The Hall–Kier alpha value is -1.84. The second-order valence-corrected chi connectivity index (χ2v) is 8.35. The maximum atomic E-state index is 12.7. The van der Waals surface area contributed by atoms with E-state index in [9.17, 15) is 9.59 Å². The largest absolute Gasteiger partial charge is 0.340 e. The van der Waals surface area contributed by atoms with Gasteiger partial charge < -0.3 is 9.80 Å². The Morgan fingerprint density at radius 1 is 1.00 bits per heavy atom. The maximum absolute atomic E-state index is 12.7. The minimum absolute atomic E-state index is 0.0424. The molecule has 1 saturated carbocycles. The van der Waals surface area contributed by atoms with Crippen LogP contribution in [0.5, 0.6) is 0 Å². The van der Waals surface area contributed by atoms with Gasteiger partial charge in [-0.2, -0.15) is 0 Å². The lowest BCUT2D eigenvalue weighted by molar-refractivity contribution is -0.140. The summed E-state index contributed by atoms with van der Waals surface area (Å²) in [6.45, 7) is 2.33. The summed E-state index contributed by atoms with van der Waals surface area (Å²) >= 11 is 0. The van der Waals surface area contributed by atoms with Gasteiger partial charge in [-0.1, -0.05) is 30.3 Å². The number of piperidine rings is 1. The average Bonchev–Trinajstić information content (AvgIpc) is 3.49. The standard InChI is InChI=1S/C22H30N2O2/c25-21(9-5-4-8-17-6-2-1-3-7-17)23-15-19-12-13-20(16-23)24(22(19)26)14-18-10-11-18/h1-3,6-7,18-20H,4-5,8-16H2. The van der Waals surface area contributed by atoms with Crippen LogP contribution in [0.1, 0.15) is 50.5 Å². The Labute approximate surface area is 156 Å². The molecular formula is C22H30N2O2. The Kier molecular flexibility index (Phi) is 5.28. The summed E-state index contributed by atoms with van der Waals surface area (Å²) < 4.78 is 0. The van der Waals surface area contributed by atoms with Gasteiger partial charge in [-0.15, -0.1) is 0 Å². The molecule has 5 rings (SSSR count). The van der Waals surface area contributed by atoms with Gasteiger partial charge in [0.05, 0.1) is 5.92 Å². The predicted molar refractivity (Wildman–Crippen MR) is 102 cm³/mol. The van der Waals surface area contributed by atoms with Gasteiger partial charge >= 0.3 is 0 Å². The minimum atomic E-state index is 0.0424. The third-order valence-electron chi connectivity index (χ3n) is 6.25. The monoisotopic (exact) mass is 354 g/mol. The van der Waals surface area contributed by atoms with E-state index in [4.69, 9.17) is 0 Å². The van der Waals surface area contributed by atoms with Crippen molar-refractivity contribution >= 4 is 11.8 Å². The van der Waals surface area contributed by atoms with Gasteiger partial charge in [0.15, 0.2) is 0 Å². The minimum Gasteiger partial charge on any atom is -0.340 e. The molecule has 0 N–H and O–H groups in total. The Morgan fingerprint density at radius 2 is 1.81 bits per heavy atom. The van der Waals surface area contributed by atoms with Crippen molar-refractivity contribution in [3.63, 3.8) is 0 Å². The number of carbonyl (C=O) groups excluding carboxylic acids is 2. The molecule has 3 aliphatic heterocycles. The predicted octanol–water partition coefficient (Wildman–Crippen LogP) is 3.26. The first-order valence-corrected chi connectivity index (χ1v) is 10.3. The van der Waals surface area contributed by atoms with Crippen LogP contribution in [-0.2, 0) is 16.0 Å². The first-order valence-electron chi connectivity index (χ1n) is 10.3. The Balaban J connectivity index is 1.27. The first kappa shape index (κ1) is 17.6.